The zero-order chi connectivity index (χ0) is 9.94. The Morgan fingerprint density at radius 3 is 2.69 bits per heavy atom. The number of unbranched alkanes of at least 4 members (excludes halogenated alkanes) is 2. The molecule has 76 valence electrons. The molecule has 1 atom stereocenters. The fourth-order valence-electron chi connectivity index (χ4n) is 1.31. The van der Waals surface area contributed by atoms with Crippen molar-refractivity contribution in [2.45, 2.75) is 51.6 Å². The molecule has 0 aromatic heterocycles. The lowest BCUT2D eigenvalue weighted by Crippen LogP contribution is -2.04. The largest absolute Gasteiger partial charge is 0.393 e. The maximum atomic E-state index is 9.42. The van der Waals surface area contributed by atoms with Crippen molar-refractivity contribution in [2.24, 2.45) is 0 Å². The van der Waals surface area contributed by atoms with Gasteiger partial charge in [-0.3, -0.25) is 0 Å². The fourth-order valence-corrected chi connectivity index (χ4v) is 1.31. The van der Waals surface area contributed by atoms with E-state index in [4.69, 9.17) is 0 Å². The standard InChI is InChI=1S/C12H22O/c1-3-5-6-7-8-9-11-12(13)10-4-2/h3,5-6,12-13H,1,4,7-11H2,2H3/b6-5-. The molecular formula is C12H22O. The zero-order valence-corrected chi connectivity index (χ0v) is 8.71. The van der Waals surface area contributed by atoms with Crippen LogP contribution in [-0.4, -0.2) is 11.2 Å². The summed E-state index contributed by atoms with van der Waals surface area (Å²) in [6, 6.07) is 0. The Morgan fingerprint density at radius 1 is 1.31 bits per heavy atom. The Bertz CT molecular complexity index is 138. The van der Waals surface area contributed by atoms with Gasteiger partial charge in [-0.05, 0) is 25.7 Å². The second-order valence-corrected chi connectivity index (χ2v) is 3.39. The lowest BCUT2D eigenvalue weighted by molar-refractivity contribution is 0.150. The Morgan fingerprint density at radius 2 is 2.08 bits per heavy atom. The van der Waals surface area contributed by atoms with Gasteiger partial charge in [0, 0.05) is 0 Å². The van der Waals surface area contributed by atoms with Crippen molar-refractivity contribution in [3.8, 4) is 0 Å². The van der Waals surface area contributed by atoms with E-state index >= 15 is 0 Å². The van der Waals surface area contributed by atoms with E-state index in [1.165, 1.54) is 6.42 Å². The molecule has 0 bridgehead atoms. The number of aliphatic hydroxyl groups is 1. The molecule has 0 aliphatic heterocycles. The van der Waals surface area contributed by atoms with Crippen LogP contribution in [-0.2, 0) is 0 Å². The summed E-state index contributed by atoms with van der Waals surface area (Å²) in [7, 11) is 0. The summed E-state index contributed by atoms with van der Waals surface area (Å²) in [5.74, 6) is 0. The molecule has 0 saturated carbocycles. The zero-order valence-electron chi connectivity index (χ0n) is 8.71. The van der Waals surface area contributed by atoms with Crippen LogP contribution in [0.4, 0.5) is 0 Å². The van der Waals surface area contributed by atoms with Gasteiger partial charge in [-0.15, -0.1) is 0 Å². The van der Waals surface area contributed by atoms with Crippen molar-refractivity contribution in [1.82, 2.24) is 0 Å². The molecule has 0 aliphatic rings. The molecule has 0 aromatic carbocycles. The molecule has 1 N–H and O–H groups in total. The second kappa shape index (κ2) is 9.53. The molecule has 1 heteroatoms. The lowest BCUT2D eigenvalue weighted by atomic mass is 10.1. The van der Waals surface area contributed by atoms with E-state index in [2.05, 4.69) is 19.6 Å². The molecule has 0 amide bonds. The van der Waals surface area contributed by atoms with Crippen LogP contribution in [0.1, 0.15) is 45.4 Å². The number of hydrogen-bond donors (Lipinski definition) is 1. The minimum Gasteiger partial charge on any atom is -0.393 e. The van der Waals surface area contributed by atoms with Crippen molar-refractivity contribution in [2.75, 3.05) is 0 Å². The highest BCUT2D eigenvalue weighted by atomic mass is 16.3. The first kappa shape index (κ1) is 12.4. The Hall–Kier alpha value is -0.560. The Labute approximate surface area is 82.2 Å². The number of aliphatic hydroxyl groups excluding tert-OH is 1. The lowest BCUT2D eigenvalue weighted by Gasteiger charge is -2.07. The quantitative estimate of drug-likeness (QED) is 0.450. The average Bonchev–Trinajstić information content (AvgIpc) is 2.11. The van der Waals surface area contributed by atoms with Crippen LogP contribution >= 0.6 is 0 Å². The van der Waals surface area contributed by atoms with Crippen LogP contribution in [0.15, 0.2) is 24.8 Å². The fraction of sp³-hybridized carbons (Fsp3) is 0.667. The molecular weight excluding hydrogens is 160 g/mol. The highest BCUT2D eigenvalue weighted by molar-refractivity contribution is 4.96. The summed E-state index contributed by atoms with van der Waals surface area (Å²) in [5.41, 5.74) is 0. The van der Waals surface area contributed by atoms with Crippen LogP contribution in [0.3, 0.4) is 0 Å². The van der Waals surface area contributed by atoms with E-state index in [1.54, 1.807) is 6.08 Å². The summed E-state index contributed by atoms with van der Waals surface area (Å²) < 4.78 is 0. The highest BCUT2D eigenvalue weighted by Crippen LogP contribution is 2.08. The molecule has 0 rings (SSSR count). The topological polar surface area (TPSA) is 20.2 Å². The van der Waals surface area contributed by atoms with Gasteiger partial charge >= 0.3 is 0 Å². The predicted molar refractivity (Wildman–Crippen MR) is 58.7 cm³/mol. The minimum absolute atomic E-state index is 0.0756. The molecule has 1 nitrogen and oxygen atoms in total. The SMILES string of the molecule is C=C/C=C\CCCCC(O)CCC. The third-order valence-corrected chi connectivity index (χ3v) is 2.05. The van der Waals surface area contributed by atoms with Crippen molar-refractivity contribution in [1.29, 1.82) is 0 Å². The third kappa shape index (κ3) is 9.35. The summed E-state index contributed by atoms with van der Waals surface area (Å²) >= 11 is 0. The highest BCUT2D eigenvalue weighted by Gasteiger charge is 2.00. The van der Waals surface area contributed by atoms with Crippen molar-refractivity contribution >= 4 is 0 Å². The smallest absolute Gasteiger partial charge is 0.0540 e. The van der Waals surface area contributed by atoms with Crippen LogP contribution in [0, 0.1) is 0 Å². The summed E-state index contributed by atoms with van der Waals surface area (Å²) in [6.07, 6.45) is 12.2. The van der Waals surface area contributed by atoms with Crippen LogP contribution < -0.4 is 0 Å². The van der Waals surface area contributed by atoms with Gasteiger partial charge in [-0.2, -0.15) is 0 Å². The molecule has 13 heavy (non-hydrogen) atoms. The van der Waals surface area contributed by atoms with Gasteiger partial charge in [-0.1, -0.05) is 44.6 Å². The van der Waals surface area contributed by atoms with Crippen LogP contribution in [0.2, 0.25) is 0 Å². The van der Waals surface area contributed by atoms with E-state index in [0.29, 0.717) is 0 Å². The molecule has 0 heterocycles. The van der Waals surface area contributed by atoms with E-state index in [-0.39, 0.29) is 6.10 Å². The van der Waals surface area contributed by atoms with E-state index in [1.807, 2.05) is 6.08 Å². The van der Waals surface area contributed by atoms with E-state index in [9.17, 15) is 5.11 Å². The van der Waals surface area contributed by atoms with Gasteiger partial charge in [0.25, 0.3) is 0 Å². The Kier molecular flexibility index (Phi) is 9.12. The summed E-state index contributed by atoms with van der Waals surface area (Å²) in [5, 5.41) is 9.42. The van der Waals surface area contributed by atoms with Gasteiger partial charge in [0.2, 0.25) is 0 Å². The first-order chi connectivity index (χ1) is 6.31. The van der Waals surface area contributed by atoms with Crippen LogP contribution in [0.5, 0.6) is 0 Å². The second-order valence-electron chi connectivity index (χ2n) is 3.39. The van der Waals surface area contributed by atoms with Gasteiger partial charge in [0.05, 0.1) is 6.10 Å². The molecule has 0 radical (unpaired) electrons. The first-order valence-corrected chi connectivity index (χ1v) is 5.26. The molecule has 0 aromatic rings. The van der Waals surface area contributed by atoms with Crippen molar-refractivity contribution in [3.63, 3.8) is 0 Å². The molecule has 0 spiro atoms. The van der Waals surface area contributed by atoms with Crippen molar-refractivity contribution in [3.05, 3.63) is 24.8 Å². The Balaban J connectivity index is 3.15. The number of rotatable bonds is 8. The van der Waals surface area contributed by atoms with Gasteiger partial charge in [0.15, 0.2) is 0 Å². The van der Waals surface area contributed by atoms with Crippen LogP contribution in [0.25, 0.3) is 0 Å². The maximum Gasteiger partial charge on any atom is 0.0540 e. The van der Waals surface area contributed by atoms with Gasteiger partial charge < -0.3 is 5.11 Å². The van der Waals surface area contributed by atoms with Gasteiger partial charge in [0.1, 0.15) is 0 Å². The number of allylic oxidation sites excluding steroid dienone is 3. The van der Waals surface area contributed by atoms with E-state index < -0.39 is 0 Å². The average molecular weight is 182 g/mol. The van der Waals surface area contributed by atoms with Crippen molar-refractivity contribution < 1.29 is 5.11 Å². The van der Waals surface area contributed by atoms with Gasteiger partial charge in [-0.25, -0.2) is 0 Å². The monoisotopic (exact) mass is 182 g/mol. The number of hydrogen-bond acceptors (Lipinski definition) is 1. The molecule has 0 aliphatic carbocycles. The molecule has 0 saturated heterocycles. The summed E-state index contributed by atoms with van der Waals surface area (Å²) in [4.78, 5) is 0. The normalized spacial score (nSPS) is 13.4. The minimum atomic E-state index is -0.0756. The summed E-state index contributed by atoms with van der Waals surface area (Å²) in [6.45, 7) is 5.71. The predicted octanol–water partition coefficient (Wildman–Crippen LogP) is 3.45. The molecule has 0 fully saturated rings. The van der Waals surface area contributed by atoms with E-state index in [0.717, 1.165) is 32.1 Å². The first-order valence-electron chi connectivity index (χ1n) is 5.26. The maximum absolute atomic E-state index is 9.42. The third-order valence-electron chi connectivity index (χ3n) is 2.05. The molecule has 1 unspecified atom stereocenters.